The summed E-state index contributed by atoms with van der Waals surface area (Å²) in [6.45, 7) is 3.28. The second-order valence-corrected chi connectivity index (χ2v) is 6.25. The number of nitrogens with two attached hydrogens (primary N) is 1. The number of hydrogen-bond acceptors (Lipinski definition) is 4. The number of hydrogen-bond donors (Lipinski definition) is 2. The summed E-state index contributed by atoms with van der Waals surface area (Å²) in [7, 11) is 0. The average molecular weight is 341 g/mol. The molecule has 25 heavy (non-hydrogen) atoms. The molecule has 0 aliphatic carbocycles. The molecule has 0 saturated carbocycles. The van der Waals surface area contributed by atoms with Crippen molar-refractivity contribution < 1.29 is 9.59 Å². The van der Waals surface area contributed by atoms with E-state index in [1.807, 2.05) is 35.9 Å². The monoisotopic (exact) mass is 341 g/mol. The van der Waals surface area contributed by atoms with Gasteiger partial charge in [0.2, 0.25) is 5.91 Å². The van der Waals surface area contributed by atoms with Gasteiger partial charge in [0, 0.05) is 24.7 Å². The van der Waals surface area contributed by atoms with Gasteiger partial charge in [-0.25, -0.2) is 4.68 Å². The smallest absolute Gasteiger partial charge is 0.257 e. The maximum atomic E-state index is 12.5. The molecule has 7 nitrogen and oxygen atoms in total. The molecule has 1 fully saturated rings. The fraction of sp³-hybridized carbons (Fsp3) is 0.389. The van der Waals surface area contributed by atoms with E-state index in [0.717, 1.165) is 18.4 Å². The normalized spacial score (nSPS) is 15.2. The standard InChI is InChI=1S/C18H23N5O2/c1-13-4-2-3-5-15(13)18(25)21-16-6-9-20-23(16)14-7-10-22(11-8-14)17(24)12-19/h2-6,9,14H,7-8,10-12,19H2,1H3,(H,21,25). The number of amides is 2. The highest BCUT2D eigenvalue weighted by molar-refractivity contribution is 6.04. The molecule has 3 N–H and O–H groups in total. The number of piperidine rings is 1. The minimum absolute atomic E-state index is 0.0213. The number of nitrogens with zero attached hydrogens (tertiary/aromatic N) is 3. The van der Waals surface area contributed by atoms with Crippen LogP contribution in [0, 0.1) is 6.92 Å². The van der Waals surface area contributed by atoms with E-state index in [2.05, 4.69) is 10.4 Å². The Bertz CT molecular complexity index is 762. The number of benzene rings is 1. The average Bonchev–Trinajstić information content (AvgIpc) is 3.09. The molecule has 1 saturated heterocycles. The zero-order valence-corrected chi connectivity index (χ0v) is 14.3. The van der Waals surface area contributed by atoms with E-state index < -0.39 is 0 Å². The number of aromatic nitrogens is 2. The van der Waals surface area contributed by atoms with E-state index in [-0.39, 0.29) is 24.4 Å². The molecule has 7 heteroatoms. The van der Waals surface area contributed by atoms with Crippen LogP contribution in [-0.4, -0.2) is 46.1 Å². The summed E-state index contributed by atoms with van der Waals surface area (Å²) in [6, 6.07) is 9.44. The third kappa shape index (κ3) is 3.71. The van der Waals surface area contributed by atoms with Crippen molar-refractivity contribution in [2.24, 2.45) is 5.73 Å². The molecule has 132 valence electrons. The van der Waals surface area contributed by atoms with E-state index in [0.29, 0.717) is 24.5 Å². The van der Waals surface area contributed by atoms with Crippen molar-refractivity contribution in [2.75, 3.05) is 25.0 Å². The first-order valence-electron chi connectivity index (χ1n) is 8.48. The Labute approximate surface area is 146 Å². The van der Waals surface area contributed by atoms with Gasteiger partial charge in [-0.15, -0.1) is 0 Å². The van der Waals surface area contributed by atoms with Gasteiger partial charge in [0.05, 0.1) is 18.8 Å². The molecule has 0 bridgehead atoms. The largest absolute Gasteiger partial charge is 0.341 e. The van der Waals surface area contributed by atoms with Crippen molar-refractivity contribution >= 4 is 17.6 Å². The van der Waals surface area contributed by atoms with E-state index in [4.69, 9.17) is 5.73 Å². The SMILES string of the molecule is Cc1ccccc1C(=O)Nc1ccnn1C1CCN(C(=O)CN)CC1. The zero-order valence-electron chi connectivity index (χ0n) is 14.3. The summed E-state index contributed by atoms with van der Waals surface area (Å²) in [5.74, 6) is 0.513. The molecule has 1 aromatic heterocycles. The lowest BCUT2D eigenvalue weighted by molar-refractivity contribution is -0.130. The van der Waals surface area contributed by atoms with Gasteiger partial charge in [-0.1, -0.05) is 18.2 Å². The summed E-state index contributed by atoms with van der Waals surface area (Å²) in [5, 5.41) is 7.32. The summed E-state index contributed by atoms with van der Waals surface area (Å²) < 4.78 is 1.85. The summed E-state index contributed by atoms with van der Waals surface area (Å²) in [4.78, 5) is 26.0. The molecule has 3 rings (SSSR count). The predicted octanol–water partition coefficient (Wildman–Crippen LogP) is 1.57. The molecule has 2 aromatic rings. The highest BCUT2D eigenvalue weighted by Gasteiger charge is 2.25. The lowest BCUT2D eigenvalue weighted by Gasteiger charge is -2.32. The topological polar surface area (TPSA) is 93.2 Å². The third-order valence-electron chi connectivity index (χ3n) is 4.64. The van der Waals surface area contributed by atoms with E-state index in [1.165, 1.54) is 0 Å². The first-order chi connectivity index (χ1) is 12.1. The third-order valence-corrected chi connectivity index (χ3v) is 4.64. The second kappa shape index (κ2) is 7.48. The predicted molar refractivity (Wildman–Crippen MR) is 95.3 cm³/mol. The highest BCUT2D eigenvalue weighted by atomic mass is 16.2. The van der Waals surface area contributed by atoms with Crippen molar-refractivity contribution in [3.05, 3.63) is 47.7 Å². The summed E-state index contributed by atoms with van der Waals surface area (Å²) in [6.07, 6.45) is 3.27. The Morgan fingerprint density at radius 2 is 1.96 bits per heavy atom. The van der Waals surface area contributed by atoms with Crippen LogP contribution in [0.15, 0.2) is 36.5 Å². The first kappa shape index (κ1) is 17.2. The Balaban J connectivity index is 1.69. The Morgan fingerprint density at radius 1 is 1.24 bits per heavy atom. The van der Waals surface area contributed by atoms with E-state index >= 15 is 0 Å². The molecule has 0 radical (unpaired) electrons. The van der Waals surface area contributed by atoms with Crippen molar-refractivity contribution in [2.45, 2.75) is 25.8 Å². The lowest BCUT2D eigenvalue weighted by Crippen LogP contribution is -2.42. The van der Waals surface area contributed by atoms with Crippen LogP contribution in [0.25, 0.3) is 0 Å². The first-order valence-corrected chi connectivity index (χ1v) is 8.48. The molecule has 0 atom stereocenters. The van der Waals surface area contributed by atoms with Gasteiger partial charge < -0.3 is 16.0 Å². The van der Waals surface area contributed by atoms with Crippen molar-refractivity contribution in [3.63, 3.8) is 0 Å². The van der Waals surface area contributed by atoms with Crippen molar-refractivity contribution in [3.8, 4) is 0 Å². The van der Waals surface area contributed by atoms with Gasteiger partial charge in [0.1, 0.15) is 5.82 Å². The number of anilines is 1. The van der Waals surface area contributed by atoms with Gasteiger partial charge >= 0.3 is 0 Å². The van der Waals surface area contributed by atoms with Crippen molar-refractivity contribution in [1.82, 2.24) is 14.7 Å². The quantitative estimate of drug-likeness (QED) is 0.883. The molecule has 0 spiro atoms. The van der Waals surface area contributed by atoms with E-state index in [1.54, 1.807) is 17.2 Å². The maximum absolute atomic E-state index is 12.5. The number of rotatable bonds is 4. The van der Waals surface area contributed by atoms with Crippen LogP contribution in [0.1, 0.15) is 34.8 Å². The molecule has 1 aliphatic rings. The Kier molecular flexibility index (Phi) is 5.14. The summed E-state index contributed by atoms with van der Waals surface area (Å²) in [5.41, 5.74) is 7.00. The van der Waals surface area contributed by atoms with Crippen LogP contribution < -0.4 is 11.1 Å². The molecule has 2 amide bonds. The van der Waals surface area contributed by atoms with E-state index in [9.17, 15) is 9.59 Å². The van der Waals surface area contributed by atoms with Crippen molar-refractivity contribution in [1.29, 1.82) is 0 Å². The van der Waals surface area contributed by atoms with Crippen LogP contribution in [0.4, 0.5) is 5.82 Å². The second-order valence-electron chi connectivity index (χ2n) is 6.25. The molecular weight excluding hydrogens is 318 g/mol. The molecule has 0 unspecified atom stereocenters. The van der Waals surface area contributed by atoms with Crippen LogP contribution in [0.3, 0.4) is 0 Å². The van der Waals surface area contributed by atoms with Crippen LogP contribution in [-0.2, 0) is 4.79 Å². The lowest BCUT2D eigenvalue weighted by atomic mass is 10.1. The fourth-order valence-corrected chi connectivity index (χ4v) is 3.20. The molecular formula is C18H23N5O2. The van der Waals surface area contributed by atoms with Crippen LogP contribution in [0.2, 0.25) is 0 Å². The van der Waals surface area contributed by atoms with Gasteiger partial charge in [-0.05, 0) is 31.4 Å². The van der Waals surface area contributed by atoms with Gasteiger partial charge in [-0.2, -0.15) is 5.10 Å². The zero-order chi connectivity index (χ0) is 17.8. The van der Waals surface area contributed by atoms with Crippen LogP contribution >= 0.6 is 0 Å². The molecule has 2 heterocycles. The number of carbonyl (C=O) groups excluding carboxylic acids is 2. The summed E-state index contributed by atoms with van der Waals surface area (Å²) >= 11 is 0. The van der Waals surface area contributed by atoms with Crippen LogP contribution in [0.5, 0.6) is 0 Å². The molecule has 1 aromatic carbocycles. The van der Waals surface area contributed by atoms with Gasteiger partial charge in [-0.3, -0.25) is 9.59 Å². The Hall–Kier alpha value is -2.67. The minimum atomic E-state index is -0.143. The molecule has 1 aliphatic heterocycles. The number of likely N-dealkylation sites (tertiary alicyclic amines) is 1. The highest BCUT2D eigenvalue weighted by Crippen LogP contribution is 2.25. The number of nitrogens with one attached hydrogen (secondary N) is 1. The minimum Gasteiger partial charge on any atom is -0.341 e. The fourth-order valence-electron chi connectivity index (χ4n) is 3.20. The number of aryl methyl sites for hydroxylation is 1. The van der Waals surface area contributed by atoms with Gasteiger partial charge in [0.25, 0.3) is 5.91 Å². The van der Waals surface area contributed by atoms with Gasteiger partial charge in [0.15, 0.2) is 0 Å². The Morgan fingerprint density at radius 3 is 2.64 bits per heavy atom. The maximum Gasteiger partial charge on any atom is 0.257 e. The number of carbonyl (C=O) groups is 2.